The van der Waals surface area contributed by atoms with Gasteiger partial charge in [-0.15, -0.1) is 0 Å². The highest BCUT2D eigenvalue weighted by atomic mass is 32.1. The molecule has 1 heteroatoms. The molecule has 14 heavy (non-hydrogen) atoms. The minimum absolute atomic E-state index is 0.362. The second-order valence-corrected chi connectivity index (χ2v) is 5.89. The second kappa shape index (κ2) is 4.57. The maximum Gasteiger partial charge on any atom is 0.0168 e. The van der Waals surface area contributed by atoms with Gasteiger partial charge in [-0.05, 0) is 25.2 Å². The van der Waals surface area contributed by atoms with Crippen LogP contribution in [0.5, 0.6) is 0 Å². The smallest absolute Gasteiger partial charge is 0.0168 e. The number of hydrogen-bond acceptors (Lipinski definition) is 1. The van der Waals surface area contributed by atoms with Crippen LogP contribution < -0.4 is 0 Å². The average Bonchev–Trinajstić information content (AvgIpc) is 2.01. The first-order valence-electron chi connectivity index (χ1n) is 5.46. The number of rotatable bonds is 2. The summed E-state index contributed by atoms with van der Waals surface area (Å²) in [7, 11) is 0. The summed E-state index contributed by atoms with van der Waals surface area (Å²) in [6, 6.07) is 0. The van der Waals surface area contributed by atoms with E-state index >= 15 is 0 Å². The summed E-state index contributed by atoms with van der Waals surface area (Å²) >= 11 is 4.38. The van der Waals surface area contributed by atoms with E-state index in [-0.39, 0.29) is 0 Å². The van der Waals surface area contributed by atoms with Gasteiger partial charge in [0.05, 0.1) is 0 Å². The first-order valence-corrected chi connectivity index (χ1v) is 5.98. The molecule has 0 aromatic rings. The largest absolute Gasteiger partial charge is 0.172 e. The summed E-state index contributed by atoms with van der Waals surface area (Å²) in [5.41, 5.74) is 1.93. The van der Waals surface area contributed by atoms with Gasteiger partial charge >= 0.3 is 0 Å². The minimum atomic E-state index is 0.362. The van der Waals surface area contributed by atoms with Crippen LogP contribution in [0.25, 0.3) is 0 Å². The van der Waals surface area contributed by atoms with Crippen LogP contribution >= 0.6 is 12.6 Å². The van der Waals surface area contributed by atoms with Crippen molar-refractivity contribution in [3.63, 3.8) is 0 Å². The monoisotopic (exact) mass is 210 g/mol. The van der Waals surface area contributed by atoms with Gasteiger partial charge in [0.15, 0.2) is 0 Å². The molecule has 0 spiro atoms. The van der Waals surface area contributed by atoms with Gasteiger partial charge in [-0.25, -0.2) is 0 Å². The van der Waals surface area contributed by atoms with Gasteiger partial charge in [0.25, 0.3) is 0 Å². The molecule has 0 aliphatic heterocycles. The molecule has 0 heterocycles. The van der Waals surface area contributed by atoms with Gasteiger partial charge in [-0.2, -0.15) is 12.6 Å². The molecule has 0 N–H and O–H groups in total. The molecule has 1 aliphatic carbocycles. The van der Waals surface area contributed by atoms with E-state index in [1.54, 1.807) is 0 Å². The summed E-state index contributed by atoms with van der Waals surface area (Å²) in [6.45, 7) is 9.08. The van der Waals surface area contributed by atoms with Gasteiger partial charge in [0, 0.05) is 11.2 Å². The first kappa shape index (κ1) is 11.9. The third kappa shape index (κ3) is 2.91. The van der Waals surface area contributed by atoms with E-state index in [1.165, 1.54) is 18.4 Å². The molecule has 2 unspecified atom stereocenters. The van der Waals surface area contributed by atoms with Crippen molar-refractivity contribution in [3.8, 4) is 0 Å². The van der Waals surface area contributed by atoms with Crippen LogP contribution in [0, 0.1) is 11.3 Å². The quantitative estimate of drug-likeness (QED) is 0.511. The maximum atomic E-state index is 4.38. The predicted molar refractivity (Wildman–Crippen MR) is 67.9 cm³/mol. The van der Waals surface area contributed by atoms with Crippen molar-refractivity contribution in [3.05, 3.63) is 23.8 Å². The second-order valence-electron chi connectivity index (χ2n) is 5.08. The molecule has 0 aromatic carbocycles. The summed E-state index contributed by atoms with van der Waals surface area (Å²) in [5, 5.41) is 0.362. The number of allylic oxidation sites excluding steroid dienone is 3. The molecule has 0 saturated carbocycles. The number of thiol groups is 1. The van der Waals surface area contributed by atoms with Crippen LogP contribution in [0.3, 0.4) is 0 Å². The average molecular weight is 210 g/mol. The lowest BCUT2D eigenvalue weighted by atomic mass is 9.68. The molecular weight excluding hydrogens is 188 g/mol. The molecule has 0 bridgehead atoms. The van der Waals surface area contributed by atoms with Gasteiger partial charge < -0.3 is 0 Å². The van der Waals surface area contributed by atoms with Crippen LogP contribution in [0.4, 0.5) is 0 Å². The fourth-order valence-electron chi connectivity index (χ4n) is 2.25. The fourth-order valence-corrected chi connectivity index (χ4v) is 2.35. The van der Waals surface area contributed by atoms with Crippen LogP contribution in [0.15, 0.2) is 23.8 Å². The van der Waals surface area contributed by atoms with Gasteiger partial charge in [0.1, 0.15) is 0 Å². The molecule has 0 radical (unpaired) electrons. The molecule has 80 valence electrons. The third-order valence-electron chi connectivity index (χ3n) is 3.17. The first-order chi connectivity index (χ1) is 6.43. The molecule has 0 saturated heterocycles. The van der Waals surface area contributed by atoms with Crippen molar-refractivity contribution in [1.82, 2.24) is 0 Å². The van der Waals surface area contributed by atoms with E-state index in [4.69, 9.17) is 0 Å². The fraction of sp³-hybridized carbons (Fsp3) is 0.692. The van der Waals surface area contributed by atoms with E-state index in [2.05, 4.69) is 58.6 Å². The standard InChI is InChI=1S/C13H22S/c1-10-6-5-9-13(3,4)12(10)8-7-11(2)14/h6-8,11-12,14H,5,9H2,1-4H3/b8-7+. The molecule has 0 nitrogen and oxygen atoms in total. The minimum Gasteiger partial charge on any atom is -0.172 e. The summed E-state index contributed by atoms with van der Waals surface area (Å²) in [6.07, 6.45) is 9.45. The highest BCUT2D eigenvalue weighted by molar-refractivity contribution is 7.81. The Kier molecular flexibility index (Phi) is 3.88. The Morgan fingerprint density at radius 2 is 2.21 bits per heavy atom. The molecule has 1 rings (SSSR count). The Hall–Kier alpha value is -0.170. The van der Waals surface area contributed by atoms with E-state index in [0.717, 1.165) is 0 Å². The lowest BCUT2D eigenvalue weighted by molar-refractivity contribution is 0.255. The third-order valence-corrected chi connectivity index (χ3v) is 3.34. The van der Waals surface area contributed by atoms with Gasteiger partial charge in [-0.1, -0.05) is 44.6 Å². The van der Waals surface area contributed by atoms with Gasteiger partial charge in [-0.3, -0.25) is 0 Å². The van der Waals surface area contributed by atoms with E-state index < -0.39 is 0 Å². The predicted octanol–water partition coefficient (Wildman–Crippen LogP) is 4.24. The zero-order valence-electron chi connectivity index (χ0n) is 9.75. The highest BCUT2D eigenvalue weighted by Crippen LogP contribution is 2.41. The maximum absolute atomic E-state index is 4.38. The van der Waals surface area contributed by atoms with Crippen molar-refractivity contribution >= 4 is 12.6 Å². The molecule has 0 amide bonds. The van der Waals surface area contributed by atoms with Crippen LogP contribution in [0.2, 0.25) is 0 Å². The Balaban J connectivity index is 2.81. The normalized spacial score (nSPS) is 28.9. The van der Waals surface area contributed by atoms with Gasteiger partial charge in [0.2, 0.25) is 0 Å². The van der Waals surface area contributed by atoms with E-state index in [1.807, 2.05) is 0 Å². The Morgan fingerprint density at radius 1 is 1.57 bits per heavy atom. The summed E-state index contributed by atoms with van der Waals surface area (Å²) in [5.74, 6) is 0.603. The topological polar surface area (TPSA) is 0 Å². The molecule has 2 atom stereocenters. The van der Waals surface area contributed by atoms with E-state index in [9.17, 15) is 0 Å². The zero-order chi connectivity index (χ0) is 10.8. The van der Waals surface area contributed by atoms with Crippen molar-refractivity contribution in [2.45, 2.75) is 45.8 Å². The molecule has 1 aliphatic rings. The molecule has 0 aromatic heterocycles. The summed E-state index contributed by atoms with van der Waals surface area (Å²) in [4.78, 5) is 0. The molecular formula is C13H22S. The van der Waals surface area contributed by atoms with Crippen LogP contribution in [-0.4, -0.2) is 5.25 Å². The SMILES string of the molecule is CC1=CCCC(C)(C)C1/C=C/C(C)S. The lowest BCUT2D eigenvalue weighted by Gasteiger charge is -2.36. The Bertz CT molecular complexity index is 246. The highest BCUT2D eigenvalue weighted by Gasteiger charge is 2.30. The van der Waals surface area contributed by atoms with Crippen LogP contribution in [0.1, 0.15) is 40.5 Å². The van der Waals surface area contributed by atoms with Crippen molar-refractivity contribution in [2.24, 2.45) is 11.3 Å². The Morgan fingerprint density at radius 3 is 2.71 bits per heavy atom. The van der Waals surface area contributed by atoms with E-state index in [0.29, 0.717) is 16.6 Å². The molecule has 0 fully saturated rings. The van der Waals surface area contributed by atoms with Crippen molar-refractivity contribution in [1.29, 1.82) is 0 Å². The Labute approximate surface area is 93.9 Å². The van der Waals surface area contributed by atoms with Crippen molar-refractivity contribution < 1.29 is 0 Å². The summed E-state index contributed by atoms with van der Waals surface area (Å²) < 4.78 is 0. The van der Waals surface area contributed by atoms with Crippen molar-refractivity contribution in [2.75, 3.05) is 0 Å². The zero-order valence-corrected chi connectivity index (χ0v) is 10.6. The van der Waals surface area contributed by atoms with Crippen LogP contribution in [-0.2, 0) is 0 Å². The lowest BCUT2D eigenvalue weighted by Crippen LogP contribution is -2.26. The number of hydrogen-bond donors (Lipinski definition) is 1.